The third-order valence-electron chi connectivity index (χ3n) is 2.23. The van der Waals surface area contributed by atoms with Crippen LogP contribution in [0.2, 0.25) is 0 Å². The Kier molecular flexibility index (Phi) is 2.62. The fourth-order valence-electron chi connectivity index (χ4n) is 1.49. The topological polar surface area (TPSA) is 54.6 Å². The number of aliphatic hydroxyl groups is 1. The molecule has 0 amide bonds. The lowest BCUT2D eigenvalue weighted by Gasteiger charge is -2.11. The highest BCUT2D eigenvalue weighted by Gasteiger charge is 2.34. The summed E-state index contributed by atoms with van der Waals surface area (Å²) in [4.78, 5) is 14.9. The number of alkyl halides is 3. The van der Waals surface area contributed by atoms with Gasteiger partial charge in [-0.05, 0) is 11.6 Å². The predicted molar refractivity (Wildman–Crippen MR) is 52.4 cm³/mol. The first-order valence-electron chi connectivity index (χ1n) is 4.62. The molecule has 1 N–H and O–H groups in total. The molecule has 0 aromatic carbocycles. The number of fused-ring (bicyclic) bond motifs is 1. The van der Waals surface area contributed by atoms with Crippen molar-refractivity contribution in [1.82, 2.24) is 9.38 Å². The first kappa shape index (κ1) is 11.6. The van der Waals surface area contributed by atoms with Crippen LogP contribution in [0, 0.1) is 0 Å². The van der Waals surface area contributed by atoms with Gasteiger partial charge in [0.25, 0.3) is 5.56 Å². The Morgan fingerprint density at radius 3 is 2.71 bits per heavy atom. The van der Waals surface area contributed by atoms with Crippen molar-refractivity contribution in [2.45, 2.75) is 12.8 Å². The average molecular weight is 244 g/mol. The molecule has 4 nitrogen and oxygen atoms in total. The van der Waals surface area contributed by atoms with Crippen LogP contribution in [0.5, 0.6) is 0 Å². The molecule has 0 fully saturated rings. The first-order chi connectivity index (χ1) is 7.93. The molecule has 2 aromatic heterocycles. The molecule has 0 saturated heterocycles. The predicted octanol–water partition coefficient (Wildman–Crippen LogP) is 1.21. The molecule has 0 bridgehead atoms. The minimum absolute atomic E-state index is 0.0000694. The van der Waals surface area contributed by atoms with Gasteiger partial charge in [0.2, 0.25) is 0 Å². The Bertz CT molecular complexity index is 619. The van der Waals surface area contributed by atoms with Crippen LogP contribution in [-0.2, 0) is 12.8 Å². The van der Waals surface area contributed by atoms with Gasteiger partial charge in [-0.2, -0.15) is 13.2 Å². The van der Waals surface area contributed by atoms with Crippen molar-refractivity contribution in [3.8, 4) is 0 Å². The Labute approximate surface area is 93.0 Å². The van der Waals surface area contributed by atoms with Gasteiger partial charge in [0.15, 0.2) is 5.65 Å². The lowest BCUT2D eigenvalue weighted by atomic mass is 10.2. The van der Waals surface area contributed by atoms with Crippen molar-refractivity contribution in [3.63, 3.8) is 0 Å². The first-order valence-corrected chi connectivity index (χ1v) is 4.62. The SMILES string of the molecule is O=c1ccnc2c(C(F)(F)F)cc(CO)cn12. The van der Waals surface area contributed by atoms with Gasteiger partial charge in [-0.15, -0.1) is 0 Å². The van der Waals surface area contributed by atoms with Crippen LogP contribution in [-0.4, -0.2) is 14.5 Å². The maximum atomic E-state index is 12.7. The Hall–Kier alpha value is -1.89. The number of hydrogen-bond acceptors (Lipinski definition) is 3. The smallest absolute Gasteiger partial charge is 0.392 e. The van der Waals surface area contributed by atoms with E-state index in [1.807, 2.05) is 0 Å². The molecule has 0 saturated carbocycles. The fraction of sp³-hybridized carbons (Fsp3) is 0.200. The van der Waals surface area contributed by atoms with Crippen molar-refractivity contribution in [1.29, 1.82) is 0 Å². The van der Waals surface area contributed by atoms with Crippen molar-refractivity contribution in [3.05, 3.63) is 46.0 Å². The summed E-state index contributed by atoms with van der Waals surface area (Å²) in [7, 11) is 0. The summed E-state index contributed by atoms with van der Waals surface area (Å²) in [5, 5.41) is 8.88. The van der Waals surface area contributed by atoms with Crippen LogP contribution >= 0.6 is 0 Å². The highest BCUT2D eigenvalue weighted by molar-refractivity contribution is 5.50. The maximum absolute atomic E-state index is 12.7. The van der Waals surface area contributed by atoms with Gasteiger partial charge in [-0.25, -0.2) is 4.98 Å². The van der Waals surface area contributed by atoms with Crippen molar-refractivity contribution >= 4 is 5.65 Å². The van der Waals surface area contributed by atoms with E-state index in [9.17, 15) is 18.0 Å². The normalized spacial score (nSPS) is 12.0. The zero-order valence-corrected chi connectivity index (χ0v) is 8.40. The number of nitrogens with zero attached hydrogens (tertiary/aromatic N) is 2. The summed E-state index contributed by atoms with van der Waals surface area (Å²) in [5.41, 5.74) is -2.14. The highest BCUT2D eigenvalue weighted by atomic mass is 19.4. The Morgan fingerprint density at radius 1 is 1.41 bits per heavy atom. The maximum Gasteiger partial charge on any atom is 0.419 e. The summed E-state index contributed by atoms with van der Waals surface area (Å²) in [6.45, 7) is -0.583. The van der Waals surface area contributed by atoms with Crippen molar-refractivity contribution < 1.29 is 18.3 Å². The lowest BCUT2D eigenvalue weighted by Crippen LogP contribution is -2.18. The van der Waals surface area contributed by atoms with E-state index in [4.69, 9.17) is 5.11 Å². The molecule has 90 valence electrons. The van der Waals surface area contributed by atoms with Gasteiger partial charge in [-0.3, -0.25) is 9.20 Å². The van der Waals surface area contributed by atoms with Gasteiger partial charge in [0.05, 0.1) is 12.2 Å². The minimum Gasteiger partial charge on any atom is -0.392 e. The van der Waals surface area contributed by atoms with Crippen molar-refractivity contribution in [2.24, 2.45) is 0 Å². The molecule has 0 atom stereocenters. The number of aromatic nitrogens is 2. The molecule has 0 aliphatic carbocycles. The molecule has 0 radical (unpaired) electrons. The average Bonchev–Trinajstić information content (AvgIpc) is 2.27. The second kappa shape index (κ2) is 3.85. The lowest BCUT2D eigenvalue weighted by molar-refractivity contribution is -0.136. The quantitative estimate of drug-likeness (QED) is 0.820. The molecular weight excluding hydrogens is 237 g/mol. The van der Waals surface area contributed by atoms with E-state index in [2.05, 4.69) is 4.98 Å². The van der Waals surface area contributed by atoms with Gasteiger partial charge in [-0.1, -0.05) is 0 Å². The Morgan fingerprint density at radius 2 is 2.12 bits per heavy atom. The molecule has 0 aliphatic heterocycles. The standard InChI is InChI=1S/C10H7F3N2O2/c11-10(12,13)7-3-6(5-16)4-15-8(17)1-2-14-9(7)15/h1-4,16H,5H2. The van der Waals surface area contributed by atoms with Crippen LogP contribution in [0.1, 0.15) is 11.1 Å². The summed E-state index contributed by atoms with van der Waals surface area (Å²) in [5.74, 6) is 0. The number of hydrogen-bond donors (Lipinski definition) is 1. The number of halogens is 3. The molecule has 0 unspecified atom stereocenters. The molecular formula is C10H7F3N2O2. The van der Waals surface area contributed by atoms with E-state index in [0.717, 1.165) is 28.9 Å². The van der Waals surface area contributed by atoms with Crippen molar-refractivity contribution in [2.75, 3.05) is 0 Å². The third kappa shape index (κ3) is 2.01. The van der Waals surface area contributed by atoms with Crippen LogP contribution in [0.15, 0.2) is 29.3 Å². The zero-order chi connectivity index (χ0) is 12.6. The van der Waals surface area contributed by atoms with E-state index in [1.54, 1.807) is 0 Å². The number of rotatable bonds is 1. The van der Waals surface area contributed by atoms with Crippen LogP contribution in [0.3, 0.4) is 0 Å². The Balaban J connectivity index is 2.91. The number of aliphatic hydroxyl groups excluding tert-OH is 1. The van der Waals surface area contributed by atoms with E-state index in [-0.39, 0.29) is 5.56 Å². The van der Waals surface area contributed by atoms with Gasteiger partial charge in [0.1, 0.15) is 0 Å². The monoisotopic (exact) mass is 244 g/mol. The summed E-state index contributed by atoms with van der Waals surface area (Å²) >= 11 is 0. The second-order valence-corrected chi connectivity index (χ2v) is 3.39. The van der Waals surface area contributed by atoms with Gasteiger partial charge >= 0.3 is 6.18 Å². The summed E-state index contributed by atoms with van der Waals surface area (Å²) < 4.78 is 39.0. The van der Waals surface area contributed by atoms with Gasteiger partial charge in [0, 0.05) is 18.5 Å². The molecule has 7 heteroatoms. The molecule has 2 heterocycles. The zero-order valence-electron chi connectivity index (χ0n) is 8.40. The van der Waals surface area contributed by atoms with E-state index < -0.39 is 29.6 Å². The molecule has 2 rings (SSSR count). The summed E-state index contributed by atoms with van der Waals surface area (Å²) in [6.07, 6.45) is -2.47. The fourth-order valence-corrected chi connectivity index (χ4v) is 1.49. The largest absolute Gasteiger partial charge is 0.419 e. The molecule has 0 spiro atoms. The van der Waals surface area contributed by atoms with Gasteiger partial charge < -0.3 is 5.11 Å². The van der Waals surface area contributed by atoms with E-state index in [1.165, 1.54) is 0 Å². The van der Waals surface area contributed by atoms with E-state index in [0.29, 0.717) is 0 Å². The highest BCUT2D eigenvalue weighted by Crippen LogP contribution is 2.31. The molecule has 17 heavy (non-hydrogen) atoms. The molecule has 2 aromatic rings. The van der Waals surface area contributed by atoms with E-state index >= 15 is 0 Å². The van der Waals surface area contributed by atoms with Crippen LogP contribution in [0.25, 0.3) is 5.65 Å². The van der Waals surface area contributed by atoms with Crippen LogP contribution < -0.4 is 5.56 Å². The molecule has 0 aliphatic rings. The second-order valence-electron chi connectivity index (χ2n) is 3.39. The number of pyridine rings is 1. The van der Waals surface area contributed by atoms with Crippen LogP contribution in [0.4, 0.5) is 13.2 Å². The minimum atomic E-state index is -4.63. The third-order valence-corrected chi connectivity index (χ3v) is 2.23. The summed E-state index contributed by atoms with van der Waals surface area (Å²) in [6, 6.07) is 1.83.